The first kappa shape index (κ1) is 12.6. The fraction of sp³-hybridized carbons (Fsp3) is 0.200. The lowest BCUT2D eigenvalue weighted by atomic mass is 9.97. The average Bonchev–Trinajstić information content (AvgIpc) is 2.38. The number of rotatable bonds is 1. The molecule has 0 aliphatic carbocycles. The average molecular weight is 295 g/mol. The number of phenols is 1. The van der Waals surface area contributed by atoms with E-state index in [1.165, 1.54) is 0 Å². The molecule has 0 spiro atoms. The molecule has 2 nitrogen and oxygen atoms in total. The van der Waals surface area contributed by atoms with Crippen LogP contribution in [0.3, 0.4) is 0 Å². The summed E-state index contributed by atoms with van der Waals surface area (Å²) < 4.78 is 5.96. The van der Waals surface area contributed by atoms with Crippen molar-refractivity contribution in [1.82, 2.24) is 0 Å². The van der Waals surface area contributed by atoms with Crippen molar-refractivity contribution in [2.24, 2.45) is 0 Å². The monoisotopic (exact) mass is 294 g/mol. The van der Waals surface area contributed by atoms with Gasteiger partial charge in [0.05, 0.1) is 0 Å². The molecule has 0 amide bonds. The Bertz CT molecular complexity index is 626. The number of ether oxygens (including phenoxy) is 1. The normalized spacial score (nSPS) is 17.7. The van der Waals surface area contributed by atoms with E-state index >= 15 is 0 Å². The fourth-order valence-electron chi connectivity index (χ4n) is 2.36. The van der Waals surface area contributed by atoms with Gasteiger partial charge < -0.3 is 9.84 Å². The number of aryl methyl sites for hydroxylation is 1. The molecule has 0 aromatic heterocycles. The maximum absolute atomic E-state index is 9.45. The van der Waals surface area contributed by atoms with Crippen molar-refractivity contribution in [3.63, 3.8) is 0 Å². The van der Waals surface area contributed by atoms with Crippen molar-refractivity contribution in [3.8, 4) is 11.5 Å². The molecule has 1 unspecified atom stereocenters. The summed E-state index contributed by atoms with van der Waals surface area (Å²) >= 11 is 12.1. The van der Waals surface area contributed by atoms with Gasteiger partial charge in [-0.15, -0.1) is 0 Å². The van der Waals surface area contributed by atoms with Crippen molar-refractivity contribution < 1.29 is 9.84 Å². The van der Waals surface area contributed by atoms with Crippen LogP contribution < -0.4 is 4.74 Å². The van der Waals surface area contributed by atoms with Gasteiger partial charge in [-0.1, -0.05) is 29.3 Å². The third kappa shape index (κ3) is 2.51. The van der Waals surface area contributed by atoms with E-state index in [2.05, 4.69) is 0 Å². The van der Waals surface area contributed by atoms with Crippen LogP contribution in [0.4, 0.5) is 0 Å². The number of aromatic hydroxyl groups is 1. The number of benzene rings is 2. The quantitative estimate of drug-likeness (QED) is 0.821. The molecule has 0 radical (unpaired) electrons. The number of hydrogen-bond donors (Lipinski definition) is 1. The molecule has 1 atom stereocenters. The van der Waals surface area contributed by atoms with E-state index in [9.17, 15) is 5.11 Å². The van der Waals surface area contributed by atoms with Gasteiger partial charge in [0.25, 0.3) is 0 Å². The predicted octanol–water partition coefficient (Wildman–Crippen LogP) is 4.77. The molecule has 98 valence electrons. The highest BCUT2D eigenvalue weighted by Crippen LogP contribution is 2.39. The zero-order chi connectivity index (χ0) is 13.4. The zero-order valence-electron chi connectivity index (χ0n) is 10.1. The summed E-state index contributed by atoms with van der Waals surface area (Å²) in [6.07, 6.45) is 1.62. The molecular formula is C15H12Cl2O2. The minimum Gasteiger partial charge on any atom is -0.508 e. The molecule has 4 heteroatoms. The zero-order valence-corrected chi connectivity index (χ0v) is 11.6. The van der Waals surface area contributed by atoms with Crippen LogP contribution in [0.1, 0.15) is 23.7 Å². The molecule has 2 aromatic carbocycles. The van der Waals surface area contributed by atoms with Crippen LogP contribution in [0.5, 0.6) is 11.5 Å². The van der Waals surface area contributed by atoms with Gasteiger partial charge in [0, 0.05) is 15.6 Å². The minimum atomic E-state index is -0.0678. The first-order valence-electron chi connectivity index (χ1n) is 6.07. The molecule has 0 saturated heterocycles. The van der Waals surface area contributed by atoms with Gasteiger partial charge in [0.15, 0.2) is 0 Å². The SMILES string of the molecule is Oc1ccc2c(c1)CCC(c1ccc(Cl)cc1Cl)O2. The minimum absolute atomic E-state index is 0.0678. The van der Waals surface area contributed by atoms with Gasteiger partial charge in [0.1, 0.15) is 17.6 Å². The lowest BCUT2D eigenvalue weighted by Gasteiger charge is -2.27. The van der Waals surface area contributed by atoms with E-state index in [0.717, 1.165) is 29.7 Å². The maximum Gasteiger partial charge on any atom is 0.125 e. The summed E-state index contributed by atoms with van der Waals surface area (Å²) in [7, 11) is 0. The first-order valence-corrected chi connectivity index (χ1v) is 6.82. The van der Waals surface area contributed by atoms with Crippen LogP contribution in [-0.4, -0.2) is 5.11 Å². The van der Waals surface area contributed by atoms with E-state index < -0.39 is 0 Å². The molecular weight excluding hydrogens is 283 g/mol. The molecule has 1 N–H and O–H groups in total. The van der Waals surface area contributed by atoms with Crippen LogP contribution >= 0.6 is 23.2 Å². The summed E-state index contributed by atoms with van der Waals surface area (Å²) in [5, 5.41) is 10.7. The third-order valence-corrected chi connectivity index (χ3v) is 3.86. The van der Waals surface area contributed by atoms with Gasteiger partial charge in [-0.3, -0.25) is 0 Å². The van der Waals surface area contributed by atoms with Crippen LogP contribution in [0.25, 0.3) is 0 Å². The molecule has 1 aliphatic rings. The molecule has 3 rings (SSSR count). The lowest BCUT2D eigenvalue weighted by molar-refractivity contribution is 0.176. The Morgan fingerprint density at radius 2 is 1.95 bits per heavy atom. The molecule has 1 heterocycles. The van der Waals surface area contributed by atoms with Gasteiger partial charge in [-0.2, -0.15) is 0 Å². The van der Waals surface area contributed by atoms with Crippen molar-refractivity contribution in [2.45, 2.75) is 18.9 Å². The van der Waals surface area contributed by atoms with Crippen LogP contribution in [0.2, 0.25) is 10.0 Å². The summed E-state index contributed by atoms with van der Waals surface area (Å²) in [5.74, 6) is 1.07. The van der Waals surface area contributed by atoms with Crippen molar-refractivity contribution >= 4 is 23.2 Å². The first-order chi connectivity index (χ1) is 9.13. The van der Waals surface area contributed by atoms with Crippen molar-refractivity contribution in [1.29, 1.82) is 0 Å². The second kappa shape index (κ2) is 4.95. The van der Waals surface area contributed by atoms with Gasteiger partial charge in [0.2, 0.25) is 0 Å². The maximum atomic E-state index is 9.45. The standard InChI is InChI=1S/C15H12Cl2O2/c16-10-2-4-12(13(17)8-10)15-5-1-9-7-11(18)3-6-14(9)19-15/h2-4,6-8,15,18H,1,5H2. The Hall–Kier alpha value is -1.38. The van der Waals surface area contributed by atoms with E-state index in [0.29, 0.717) is 10.0 Å². The second-order valence-electron chi connectivity index (χ2n) is 4.60. The molecule has 2 aromatic rings. The van der Waals surface area contributed by atoms with E-state index in [1.807, 2.05) is 12.1 Å². The lowest BCUT2D eigenvalue weighted by Crippen LogP contribution is -2.15. The van der Waals surface area contributed by atoms with E-state index in [-0.39, 0.29) is 11.9 Å². The van der Waals surface area contributed by atoms with Gasteiger partial charge in [-0.25, -0.2) is 0 Å². The van der Waals surface area contributed by atoms with Gasteiger partial charge in [-0.05, 0) is 48.7 Å². The van der Waals surface area contributed by atoms with Crippen LogP contribution in [-0.2, 0) is 6.42 Å². The largest absolute Gasteiger partial charge is 0.508 e. The highest BCUT2D eigenvalue weighted by Gasteiger charge is 2.23. The van der Waals surface area contributed by atoms with Crippen LogP contribution in [0, 0.1) is 0 Å². The van der Waals surface area contributed by atoms with Crippen molar-refractivity contribution in [2.75, 3.05) is 0 Å². The Balaban J connectivity index is 1.91. The Labute approximate surface area is 121 Å². The highest BCUT2D eigenvalue weighted by molar-refractivity contribution is 6.35. The summed E-state index contributed by atoms with van der Waals surface area (Å²) in [6.45, 7) is 0. The number of hydrogen-bond acceptors (Lipinski definition) is 2. The van der Waals surface area contributed by atoms with Crippen molar-refractivity contribution in [3.05, 3.63) is 57.6 Å². The topological polar surface area (TPSA) is 29.5 Å². The molecule has 0 bridgehead atoms. The summed E-state index contributed by atoms with van der Waals surface area (Å²) in [6, 6.07) is 10.6. The Morgan fingerprint density at radius 1 is 1.11 bits per heavy atom. The molecule has 19 heavy (non-hydrogen) atoms. The summed E-state index contributed by atoms with van der Waals surface area (Å²) in [5.41, 5.74) is 1.98. The van der Waals surface area contributed by atoms with Crippen LogP contribution in [0.15, 0.2) is 36.4 Å². The predicted molar refractivity (Wildman–Crippen MR) is 76.3 cm³/mol. The second-order valence-corrected chi connectivity index (χ2v) is 5.45. The third-order valence-electron chi connectivity index (χ3n) is 3.30. The Morgan fingerprint density at radius 3 is 2.74 bits per heavy atom. The summed E-state index contributed by atoms with van der Waals surface area (Å²) in [4.78, 5) is 0. The number of fused-ring (bicyclic) bond motifs is 1. The molecule has 0 saturated carbocycles. The highest BCUT2D eigenvalue weighted by atomic mass is 35.5. The van der Waals surface area contributed by atoms with Gasteiger partial charge >= 0.3 is 0 Å². The Kier molecular flexibility index (Phi) is 3.29. The molecule has 0 fully saturated rings. The smallest absolute Gasteiger partial charge is 0.125 e. The van der Waals surface area contributed by atoms with E-state index in [4.69, 9.17) is 27.9 Å². The number of halogens is 2. The fourth-order valence-corrected chi connectivity index (χ4v) is 2.89. The molecule has 1 aliphatic heterocycles. The van der Waals surface area contributed by atoms with E-state index in [1.54, 1.807) is 24.3 Å². The number of phenolic OH excluding ortho intramolecular Hbond substituents is 1.